The lowest BCUT2D eigenvalue weighted by Crippen LogP contribution is -2.64. The molecule has 0 aromatic rings. The highest BCUT2D eigenvalue weighted by molar-refractivity contribution is 7.86. The average Bonchev–Trinajstić information content (AvgIpc) is 2.91. The van der Waals surface area contributed by atoms with E-state index in [1.165, 1.54) is 13.0 Å². The summed E-state index contributed by atoms with van der Waals surface area (Å²) in [5, 5.41) is 11.7. The molecule has 0 radical (unpaired) electrons. The molecule has 4 aliphatic carbocycles. The molecule has 198 valence electrons. The third-order valence-electron chi connectivity index (χ3n) is 9.68. The lowest BCUT2D eigenvalue weighted by molar-refractivity contribution is -0.178. The summed E-state index contributed by atoms with van der Waals surface area (Å²) in [5.74, 6) is -1.85. The molecule has 11 heteroatoms. The standard InChI is InChI=1S/C24H36O9S2/c1-13-11-17-19-16(8-10-23(17,4)24(13,27)14(2)25)22(3)9-7-15(26)12-18(22)20(32-34(5,28)29)21(19)33-35(6,30)31/h12-13,16-17,19-21,27H,7-11H2,1-6H3/t13-,16+,17+,19-,20+,21-,22-,23+,24+/m1/s1. The SMILES string of the molecule is CC(=O)[C@@]1(O)[C@H](C)C[C@H]2[C@@H]3[C@@H](OS(C)(=O)=O)[C@@H](OS(C)(=O)=O)C4=CC(=O)CC[C@]4(C)[C@H]3CC[C@@]21C. The van der Waals surface area contributed by atoms with Crippen molar-refractivity contribution in [2.24, 2.45) is 34.5 Å². The van der Waals surface area contributed by atoms with Gasteiger partial charge in [-0.25, -0.2) is 0 Å². The summed E-state index contributed by atoms with van der Waals surface area (Å²) in [7, 11) is -8.12. The molecule has 35 heavy (non-hydrogen) atoms. The third kappa shape index (κ3) is 4.05. The van der Waals surface area contributed by atoms with E-state index in [1.807, 2.05) is 20.8 Å². The van der Waals surface area contributed by atoms with E-state index in [2.05, 4.69) is 0 Å². The van der Waals surface area contributed by atoms with Crippen molar-refractivity contribution in [3.8, 4) is 0 Å². The quantitative estimate of drug-likeness (QED) is 0.526. The molecule has 3 saturated carbocycles. The van der Waals surface area contributed by atoms with Crippen LogP contribution in [0.5, 0.6) is 0 Å². The Kier molecular flexibility index (Phi) is 6.29. The topological polar surface area (TPSA) is 141 Å². The Bertz CT molecular complexity index is 1190. The minimum absolute atomic E-state index is 0.146. The van der Waals surface area contributed by atoms with Gasteiger partial charge in [0.05, 0.1) is 12.5 Å². The second-order valence-corrected chi connectivity index (χ2v) is 14.9. The summed E-state index contributed by atoms with van der Waals surface area (Å²) >= 11 is 0. The van der Waals surface area contributed by atoms with Gasteiger partial charge in [0.25, 0.3) is 20.2 Å². The molecule has 0 amide bonds. The van der Waals surface area contributed by atoms with E-state index >= 15 is 0 Å². The van der Waals surface area contributed by atoms with Gasteiger partial charge in [-0.05, 0) is 73.3 Å². The number of carbonyl (C=O) groups is 2. The van der Waals surface area contributed by atoms with Crippen LogP contribution < -0.4 is 0 Å². The number of carbonyl (C=O) groups excluding carboxylic acids is 2. The fraction of sp³-hybridized carbons (Fsp3) is 0.833. The number of hydrogen-bond acceptors (Lipinski definition) is 9. The van der Waals surface area contributed by atoms with Gasteiger partial charge in [0.1, 0.15) is 17.8 Å². The number of ketones is 2. The van der Waals surface area contributed by atoms with Crippen molar-refractivity contribution in [1.29, 1.82) is 0 Å². The van der Waals surface area contributed by atoms with Gasteiger partial charge in [-0.2, -0.15) is 16.8 Å². The monoisotopic (exact) mass is 532 g/mol. The van der Waals surface area contributed by atoms with Crippen LogP contribution >= 0.6 is 0 Å². The minimum atomic E-state index is -4.06. The van der Waals surface area contributed by atoms with E-state index in [1.54, 1.807) is 0 Å². The number of hydrogen-bond donors (Lipinski definition) is 1. The predicted molar refractivity (Wildman–Crippen MR) is 127 cm³/mol. The third-order valence-corrected chi connectivity index (χ3v) is 10.8. The molecule has 0 saturated heterocycles. The van der Waals surface area contributed by atoms with Crippen molar-refractivity contribution in [1.82, 2.24) is 0 Å². The van der Waals surface area contributed by atoms with Crippen LogP contribution in [0.1, 0.15) is 59.8 Å². The summed E-state index contributed by atoms with van der Waals surface area (Å²) < 4.78 is 60.7. The summed E-state index contributed by atoms with van der Waals surface area (Å²) in [6.45, 7) is 7.06. The Balaban J connectivity index is 1.95. The van der Waals surface area contributed by atoms with Crippen molar-refractivity contribution in [3.05, 3.63) is 11.6 Å². The molecule has 0 aliphatic heterocycles. The zero-order valence-corrected chi connectivity index (χ0v) is 22.7. The van der Waals surface area contributed by atoms with Crippen LogP contribution in [0.2, 0.25) is 0 Å². The molecule has 4 rings (SSSR count). The van der Waals surface area contributed by atoms with Gasteiger partial charge in [0, 0.05) is 11.8 Å². The lowest BCUT2D eigenvalue weighted by atomic mass is 9.45. The Morgan fingerprint density at radius 2 is 1.66 bits per heavy atom. The highest BCUT2D eigenvalue weighted by Gasteiger charge is 2.71. The largest absolute Gasteiger partial charge is 0.381 e. The van der Waals surface area contributed by atoms with Crippen molar-refractivity contribution < 1.29 is 39.9 Å². The molecule has 0 aromatic heterocycles. The zero-order valence-electron chi connectivity index (χ0n) is 21.1. The van der Waals surface area contributed by atoms with E-state index < -0.39 is 54.8 Å². The number of aliphatic hydroxyl groups is 1. The molecule has 3 fully saturated rings. The van der Waals surface area contributed by atoms with Gasteiger partial charge in [-0.15, -0.1) is 0 Å². The van der Waals surface area contributed by atoms with Crippen LogP contribution in [0.4, 0.5) is 0 Å². The first-order valence-electron chi connectivity index (χ1n) is 12.1. The Hall–Kier alpha value is -1.14. The van der Waals surface area contributed by atoms with Gasteiger partial charge in [-0.1, -0.05) is 20.8 Å². The molecule has 0 aromatic carbocycles. The van der Waals surface area contributed by atoms with Gasteiger partial charge < -0.3 is 5.11 Å². The Labute approximate surface area is 207 Å². The van der Waals surface area contributed by atoms with Crippen LogP contribution in [0.15, 0.2) is 11.6 Å². The fourth-order valence-corrected chi connectivity index (χ4v) is 9.45. The smallest absolute Gasteiger partial charge is 0.265 e. The molecule has 9 atom stereocenters. The van der Waals surface area contributed by atoms with Gasteiger partial charge in [0.2, 0.25) is 0 Å². The van der Waals surface area contributed by atoms with Crippen molar-refractivity contribution >= 4 is 31.8 Å². The average molecular weight is 533 g/mol. The zero-order chi connectivity index (χ0) is 26.4. The molecule has 0 bridgehead atoms. The van der Waals surface area contributed by atoms with Crippen LogP contribution in [-0.2, 0) is 38.2 Å². The summed E-state index contributed by atoms with van der Waals surface area (Å²) in [5.41, 5.74) is -2.61. The fourth-order valence-electron chi connectivity index (χ4n) is 8.23. The summed E-state index contributed by atoms with van der Waals surface area (Å²) in [4.78, 5) is 25.2. The summed E-state index contributed by atoms with van der Waals surface area (Å²) in [6, 6.07) is 0. The first-order chi connectivity index (χ1) is 15.8. The molecule has 0 spiro atoms. The van der Waals surface area contributed by atoms with Gasteiger partial charge in [0.15, 0.2) is 11.6 Å². The predicted octanol–water partition coefficient (Wildman–Crippen LogP) is 1.99. The lowest BCUT2D eigenvalue weighted by Gasteiger charge is -2.61. The Morgan fingerprint density at radius 3 is 2.20 bits per heavy atom. The number of rotatable bonds is 5. The maximum Gasteiger partial charge on any atom is 0.265 e. The second kappa shape index (κ2) is 8.18. The van der Waals surface area contributed by atoms with Crippen LogP contribution in [0, 0.1) is 34.5 Å². The molecule has 0 heterocycles. The molecule has 1 N–H and O–H groups in total. The van der Waals surface area contributed by atoms with Gasteiger partial charge in [-0.3, -0.25) is 18.0 Å². The Morgan fingerprint density at radius 1 is 1.06 bits per heavy atom. The molecule has 4 aliphatic rings. The maximum atomic E-state index is 12.8. The van der Waals surface area contributed by atoms with Crippen LogP contribution in [0.3, 0.4) is 0 Å². The second-order valence-electron chi connectivity index (χ2n) is 11.7. The molecule has 0 unspecified atom stereocenters. The van der Waals surface area contributed by atoms with E-state index in [0.29, 0.717) is 37.7 Å². The van der Waals surface area contributed by atoms with E-state index in [4.69, 9.17) is 8.37 Å². The highest BCUT2D eigenvalue weighted by atomic mass is 32.2. The van der Waals surface area contributed by atoms with Crippen LogP contribution in [0.25, 0.3) is 0 Å². The van der Waals surface area contributed by atoms with Crippen LogP contribution in [-0.4, -0.2) is 63.8 Å². The molecular weight excluding hydrogens is 496 g/mol. The molecular formula is C24H36O9S2. The minimum Gasteiger partial charge on any atom is -0.381 e. The van der Waals surface area contributed by atoms with Crippen molar-refractivity contribution in [2.75, 3.05) is 12.5 Å². The number of fused-ring (bicyclic) bond motifs is 5. The van der Waals surface area contributed by atoms with E-state index in [-0.39, 0.29) is 29.3 Å². The molecule has 9 nitrogen and oxygen atoms in total. The normalized spacial score (nSPS) is 45.8. The maximum absolute atomic E-state index is 12.8. The first kappa shape index (κ1) is 26.9. The van der Waals surface area contributed by atoms with Gasteiger partial charge >= 0.3 is 0 Å². The van der Waals surface area contributed by atoms with E-state index in [9.17, 15) is 31.5 Å². The summed E-state index contributed by atoms with van der Waals surface area (Å²) in [6.07, 6.45) is 3.00. The number of Topliss-reactive ketones (excluding diaryl/α,β-unsaturated/α-hetero) is 1. The highest BCUT2D eigenvalue weighted by Crippen LogP contribution is 2.69. The van der Waals surface area contributed by atoms with Crippen molar-refractivity contribution in [2.45, 2.75) is 77.6 Å². The van der Waals surface area contributed by atoms with Crippen molar-refractivity contribution in [3.63, 3.8) is 0 Å². The first-order valence-corrected chi connectivity index (χ1v) is 15.7. The van der Waals surface area contributed by atoms with E-state index in [0.717, 1.165) is 12.5 Å².